The van der Waals surface area contributed by atoms with Gasteiger partial charge in [-0.25, -0.2) is 0 Å². The maximum atomic E-state index is 12.4. The van der Waals surface area contributed by atoms with E-state index in [0.29, 0.717) is 17.9 Å². The van der Waals surface area contributed by atoms with Crippen molar-refractivity contribution >= 4 is 17.6 Å². The van der Waals surface area contributed by atoms with Gasteiger partial charge < -0.3 is 15.8 Å². The zero-order chi connectivity index (χ0) is 20.1. The molecule has 8 heteroatoms. The number of nitrogens with zero attached hydrogens (tertiary/aromatic N) is 3. The molecule has 3 rings (SSSR count). The first kappa shape index (κ1) is 20.0. The number of rotatable bonds is 7. The Labute approximate surface area is 164 Å². The molecule has 0 saturated carbocycles. The van der Waals surface area contributed by atoms with Gasteiger partial charge in [-0.3, -0.25) is 19.2 Å². The number of morpholine rings is 1. The molecule has 2 aromatic rings. The highest BCUT2D eigenvalue weighted by Crippen LogP contribution is 2.15. The van der Waals surface area contributed by atoms with E-state index in [4.69, 9.17) is 10.5 Å². The lowest BCUT2D eigenvalue weighted by Crippen LogP contribution is -2.44. The summed E-state index contributed by atoms with van der Waals surface area (Å²) in [6.07, 6.45) is 2.37. The molecule has 3 N–H and O–H groups in total. The number of ether oxygens (including phenoxy) is 1. The maximum Gasteiger partial charge on any atom is 0.256 e. The summed E-state index contributed by atoms with van der Waals surface area (Å²) in [7, 11) is 0. The van der Waals surface area contributed by atoms with Crippen LogP contribution in [0.15, 0.2) is 36.5 Å². The summed E-state index contributed by atoms with van der Waals surface area (Å²) >= 11 is 0. The van der Waals surface area contributed by atoms with E-state index in [2.05, 4.69) is 29.2 Å². The lowest BCUT2D eigenvalue weighted by Gasteiger charge is -2.35. The Bertz CT molecular complexity index is 808. The molecule has 1 saturated heterocycles. The molecule has 1 aromatic carbocycles. The van der Waals surface area contributed by atoms with Crippen molar-refractivity contribution in [3.05, 3.63) is 47.7 Å². The topological polar surface area (TPSA) is 102 Å². The molecule has 28 heavy (non-hydrogen) atoms. The average Bonchev–Trinajstić information content (AvgIpc) is 3.07. The Hall–Kier alpha value is -2.71. The Morgan fingerprint density at radius 2 is 1.86 bits per heavy atom. The molecule has 1 aromatic heterocycles. The summed E-state index contributed by atoms with van der Waals surface area (Å²) in [5.74, 6) is -0.169. The van der Waals surface area contributed by atoms with Gasteiger partial charge in [-0.05, 0) is 31.5 Å². The number of aryl methyl sites for hydroxylation is 1. The number of nitrogens with two attached hydrogens (primary N) is 1. The minimum absolute atomic E-state index is 0.206. The first-order valence-electron chi connectivity index (χ1n) is 9.49. The largest absolute Gasteiger partial charge is 0.373 e. The molecule has 0 aliphatic carbocycles. The van der Waals surface area contributed by atoms with Crippen LogP contribution in [0.2, 0.25) is 0 Å². The molecule has 0 bridgehead atoms. The van der Waals surface area contributed by atoms with Crippen LogP contribution in [0.4, 0.5) is 5.82 Å². The molecule has 0 radical (unpaired) electrons. The van der Waals surface area contributed by atoms with Gasteiger partial charge in [-0.2, -0.15) is 5.10 Å². The van der Waals surface area contributed by atoms with Crippen molar-refractivity contribution < 1.29 is 14.3 Å². The Balaban J connectivity index is 1.54. The highest BCUT2D eigenvalue weighted by Gasteiger charge is 2.22. The molecule has 1 aliphatic rings. The fraction of sp³-hybridized carbons (Fsp3) is 0.450. The van der Waals surface area contributed by atoms with E-state index in [0.717, 1.165) is 25.2 Å². The molecule has 1 fully saturated rings. The third-order valence-electron chi connectivity index (χ3n) is 4.59. The predicted octanol–water partition coefficient (Wildman–Crippen LogP) is 1.62. The van der Waals surface area contributed by atoms with Gasteiger partial charge in [0, 0.05) is 50.4 Å². The van der Waals surface area contributed by atoms with Crippen LogP contribution in [-0.4, -0.2) is 51.8 Å². The van der Waals surface area contributed by atoms with Crippen LogP contribution in [0.5, 0.6) is 0 Å². The number of amides is 2. The number of benzene rings is 1. The van der Waals surface area contributed by atoms with Crippen molar-refractivity contribution in [1.82, 2.24) is 14.7 Å². The molecule has 1 aliphatic heterocycles. The van der Waals surface area contributed by atoms with E-state index in [9.17, 15) is 9.59 Å². The maximum absolute atomic E-state index is 12.4. The van der Waals surface area contributed by atoms with Gasteiger partial charge in [0.15, 0.2) is 5.82 Å². The zero-order valence-electron chi connectivity index (χ0n) is 16.3. The molecule has 2 amide bonds. The minimum atomic E-state index is -0.387. The van der Waals surface area contributed by atoms with E-state index in [1.54, 1.807) is 16.9 Å². The Kier molecular flexibility index (Phi) is 6.43. The number of carbonyl (C=O) groups is 2. The van der Waals surface area contributed by atoms with Gasteiger partial charge in [0.05, 0.1) is 12.2 Å². The van der Waals surface area contributed by atoms with E-state index in [1.807, 2.05) is 24.3 Å². The second-order valence-corrected chi connectivity index (χ2v) is 7.28. The predicted molar refractivity (Wildman–Crippen MR) is 106 cm³/mol. The third-order valence-corrected chi connectivity index (χ3v) is 4.59. The summed E-state index contributed by atoms with van der Waals surface area (Å²) in [6, 6.07) is 9.29. The van der Waals surface area contributed by atoms with Gasteiger partial charge >= 0.3 is 0 Å². The Morgan fingerprint density at radius 1 is 1.18 bits per heavy atom. The quantitative estimate of drug-likeness (QED) is 0.754. The van der Waals surface area contributed by atoms with Crippen LogP contribution in [0, 0.1) is 0 Å². The normalized spacial score (nSPS) is 20.1. The first-order chi connectivity index (χ1) is 13.4. The first-order valence-corrected chi connectivity index (χ1v) is 9.49. The van der Waals surface area contributed by atoms with Crippen molar-refractivity contribution in [1.29, 1.82) is 0 Å². The SMILES string of the molecule is CC1CN(Cc2ccc(C(=O)Nc3ccn(CCC(N)=O)n3)cc2)CC(C)O1. The van der Waals surface area contributed by atoms with Crippen molar-refractivity contribution in [3.8, 4) is 0 Å². The summed E-state index contributed by atoms with van der Waals surface area (Å²) in [5.41, 5.74) is 6.86. The highest BCUT2D eigenvalue weighted by molar-refractivity contribution is 6.03. The zero-order valence-corrected chi connectivity index (χ0v) is 16.3. The van der Waals surface area contributed by atoms with E-state index in [-0.39, 0.29) is 30.4 Å². The Morgan fingerprint density at radius 3 is 2.50 bits per heavy atom. The third kappa shape index (κ3) is 5.64. The van der Waals surface area contributed by atoms with Crippen LogP contribution >= 0.6 is 0 Å². The van der Waals surface area contributed by atoms with Crippen molar-refractivity contribution in [2.75, 3.05) is 18.4 Å². The summed E-state index contributed by atoms with van der Waals surface area (Å²) in [6.45, 7) is 7.22. The van der Waals surface area contributed by atoms with E-state index in [1.165, 1.54) is 0 Å². The molecule has 2 unspecified atom stereocenters. The van der Waals surface area contributed by atoms with Crippen molar-refractivity contribution in [2.45, 2.75) is 45.6 Å². The summed E-state index contributed by atoms with van der Waals surface area (Å²) in [5, 5.41) is 6.98. The number of hydrogen-bond donors (Lipinski definition) is 2. The second kappa shape index (κ2) is 8.99. The lowest BCUT2D eigenvalue weighted by atomic mass is 10.1. The van der Waals surface area contributed by atoms with Crippen LogP contribution in [0.3, 0.4) is 0 Å². The molecule has 0 spiro atoms. The van der Waals surface area contributed by atoms with Gasteiger partial charge in [-0.15, -0.1) is 0 Å². The van der Waals surface area contributed by atoms with E-state index < -0.39 is 0 Å². The van der Waals surface area contributed by atoms with Gasteiger partial charge in [0.25, 0.3) is 5.91 Å². The van der Waals surface area contributed by atoms with Crippen LogP contribution in [0.25, 0.3) is 0 Å². The van der Waals surface area contributed by atoms with Crippen LogP contribution in [0.1, 0.15) is 36.2 Å². The standard InChI is InChI=1S/C20H27N5O3/c1-14-11-24(12-15(2)28-14)13-16-3-5-17(6-4-16)20(27)22-19-8-10-25(23-19)9-7-18(21)26/h3-6,8,10,14-15H,7,9,11-13H2,1-2H3,(H2,21,26)(H,22,23,27). The monoisotopic (exact) mass is 385 g/mol. The average molecular weight is 385 g/mol. The van der Waals surface area contributed by atoms with Gasteiger partial charge in [0.2, 0.25) is 5.91 Å². The van der Waals surface area contributed by atoms with Crippen LogP contribution < -0.4 is 11.1 Å². The summed E-state index contributed by atoms with van der Waals surface area (Å²) in [4.78, 5) is 25.6. The lowest BCUT2D eigenvalue weighted by molar-refractivity contribution is -0.118. The second-order valence-electron chi connectivity index (χ2n) is 7.28. The molecule has 2 heterocycles. The van der Waals surface area contributed by atoms with Crippen molar-refractivity contribution in [2.24, 2.45) is 5.73 Å². The van der Waals surface area contributed by atoms with Crippen molar-refractivity contribution in [3.63, 3.8) is 0 Å². The highest BCUT2D eigenvalue weighted by atomic mass is 16.5. The van der Waals surface area contributed by atoms with Gasteiger partial charge in [-0.1, -0.05) is 12.1 Å². The molecule has 2 atom stereocenters. The molecule has 8 nitrogen and oxygen atoms in total. The van der Waals surface area contributed by atoms with Gasteiger partial charge in [0.1, 0.15) is 0 Å². The number of primary amides is 1. The molecular formula is C20H27N5O3. The van der Waals surface area contributed by atoms with E-state index >= 15 is 0 Å². The minimum Gasteiger partial charge on any atom is -0.373 e. The molecular weight excluding hydrogens is 358 g/mol. The fourth-order valence-corrected chi connectivity index (χ4v) is 3.40. The number of hydrogen-bond acceptors (Lipinski definition) is 5. The fourth-order valence-electron chi connectivity index (χ4n) is 3.40. The number of nitrogens with one attached hydrogen (secondary N) is 1. The smallest absolute Gasteiger partial charge is 0.256 e. The number of anilines is 1. The molecule has 150 valence electrons. The summed E-state index contributed by atoms with van der Waals surface area (Å²) < 4.78 is 7.34. The number of aromatic nitrogens is 2. The van der Waals surface area contributed by atoms with Crippen LogP contribution in [-0.2, 0) is 22.6 Å². The number of carbonyl (C=O) groups excluding carboxylic acids is 2.